The topological polar surface area (TPSA) is 72.5 Å². The zero-order valence-corrected chi connectivity index (χ0v) is 17.0. The molecule has 0 aliphatic rings. The molecule has 0 atom stereocenters. The highest BCUT2D eigenvalue weighted by molar-refractivity contribution is 6.08. The second-order valence-electron chi connectivity index (χ2n) is 6.61. The van der Waals surface area contributed by atoms with Crippen LogP contribution in [-0.2, 0) is 0 Å². The standard InChI is InChI=1S/C22H20F3N3O3/c1-12-10-14(23)4-7-17(12)27-19-11-15(31-22(24)25)5-6-16(19)21(29)28-18-8-9-20(30-3)26-13(18)2/h4-11,22,27H,1-3H3,(H,28,29). The summed E-state index contributed by atoms with van der Waals surface area (Å²) in [7, 11) is 1.48. The van der Waals surface area contributed by atoms with Gasteiger partial charge in [-0.25, -0.2) is 9.37 Å². The van der Waals surface area contributed by atoms with Crippen molar-refractivity contribution in [2.45, 2.75) is 20.5 Å². The van der Waals surface area contributed by atoms with Crippen molar-refractivity contribution in [3.8, 4) is 11.6 Å². The van der Waals surface area contributed by atoms with Gasteiger partial charge in [-0.1, -0.05) is 0 Å². The third-order valence-electron chi connectivity index (χ3n) is 4.44. The normalized spacial score (nSPS) is 10.7. The molecule has 3 rings (SSSR count). The van der Waals surface area contributed by atoms with Crippen molar-refractivity contribution < 1.29 is 27.4 Å². The van der Waals surface area contributed by atoms with Crippen LogP contribution in [0.1, 0.15) is 21.6 Å². The van der Waals surface area contributed by atoms with E-state index in [1.807, 2.05) is 0 Å². The summed E-state index contributed by atoms with van der Waals surface area (Å²) in [6, 6.07) is 11.2. The van der Waals surface area contributed by atoms with Gasteiger partial charge in [0.2, 0.25) is 5.88 Å². The van der Waals surface area contributed by atoms with E-state index in [0.29, 0.717) is 28.5 Å². The van der Waals surface area contributed by atoms with E-state index < -0.39 is 18.3 Å². The number of aryl methyl sites for hydroxylation is 2. The number of ether oxygens (including phenoxy) is 2. The largest absolute Gasteiger partial charge is 0.481 e. The summed E-state index contributed by atoms with van der Waals surface area (Å²) < 4.78 is 48.2. The smallest absolute Gasteiger partial charge is 0.387 e. The van der Waals surface area contributed by atoms with Crippen molar-refractivity contribution in [2.75, 3.05) is 17.7 Å². The number of hydrogen-bond donors (Lipinski definition) is 2. The molecule has 2 aromatic carbocycles. The lowest BCUT2D eigenvalue weighted by molar-refractivity contribution is -0.0498. The Morgan fingerprint density at radius 1 is 1.00 bits per heavy atom. The molecular weight excluding hydrogens is 411 g/mol. The number of alkyl halides is 2. The molecule has 162 valence electrons. The van der Waals surface area contributed by atoms with Crippen LogP contribution < -0.4 is 20.1 Å². The second kappa shape index (κ2) is 9.38. The summed E-state index contributed by atoms with van der Waals surface area (Å²) in [4.78, 5) is 17.1. The van der Waals surface area contributed by atoms with Crippen LogP contribution >= 0.6 is 0 Å². The predicted octanol–water partition coefficient (Wildman–Crippen LogP) is 5.44. The zero-order chi connectivity index (χ0) is 22.5. The molecule has 6 nitrogen and oxygen atoms in total. The van der Waals surface area contributed by atoms with Crippen LogP contribution in [0.25, 0.3) is 0 Å². The third-order valence-corrected chi connectivity index (χ3v) is 4.44. The van der Waals surface area contributed by atoms with Gasteiger partial charge in [0.15, 0.2) is 0 Å². The molecule has 0 fully saturated rings. The van der Waals surface area contributed by atoms with Gasteiger partial charge in [0.1, 0.15) is 11.6 Å². The van der Waals surface area contributed by atoms with E-state index in [-0.39, 0.29) is 17.0 Å². The molecule has 31 heavy (non-hydrogen) atoms. The molecule has 0 aliphatic heterocycles. The Bertz CT molecular complexity index is 1110. The fourth-order valence-corrected chi connectivity index (χ4v) is 2.89. The van der Waals surface area contributed by atoms with Crippen molar-refractivity contribution in [1.82, 2.24) is 4.98 Å². The summed E-state index contributed by atoms with van der Waals surface area (Å²) in [6.07, 6.45) is 0. The molecule has 0 aliphatic carbocycles. The first-order valence-electron chi connectivity index (χ1n) is 9.22. The van der Waals surface area contributed by atoms with Crippen molar-refractivity contribution in [1.29, 1.82) is 0 Å². The van der Waals surface area contributed by atoms with E-state index in [0.717, 1.165) is 0 Å². The molecule has 0 saturated carbocycles. The van der Waals surface area contributed by atoms with Gasteiger partial charge in [-0.2, -0.15) is 8.78 Å². The number of hydrogen-bond acceptors (Lipinski definition) is 5. The van der Waals surface area contributed by atoms with E-state index >= 15 is 0 Å². The summed E-state index contributed by atoms with van der Waals surface area (Å²) >= 11 is 0. The minimum absolute atomic E-state index is 0.129. The number of rotatable bonds is 7. The number of anilines is 3. The maximum Gasteiger partial charge on any atom is 0.387 e. The number of methoxy groups -OCH3 is 1. The molecule has 0 spiro atoms. The van der Waals surface area contributed by atoms with Gasteiger partial charge in [0.05, 0.1) is 29.7 Å². The van der Waals surface area contributed by atoms with Crippen LogP contribution in [0.3, 0.4) is 0 Å². The minimum Gasteiger partial charge on any atom is -0.481 e. The maximum absolute atomic E-state index is 13.4. The fourth-order valence-electron chi connectivity index (χ4n) is 2.89. The predicted molar refractivity (Wildman–Crippen MR) is 111 cm³/mol. The molecule has 0 bridgehead atoms. The van der Waals surface area contributed by atoms with Gasteiger partial charge in [0.25, 0.3) is 5.91 Å². The number of amides is 1. The average molecular weight is 431 g/mol. The average Bonchev–Trinajstić information content (AvgIpc) is 2.71. The van der Waals surface area contributed by atoms with Gasteiger partial charge in [0, 0.05) is 17.8 Å². The number of aromatic nitrogens is 1. The number of carbonyl (C=O) groups excluding carboxylic acids is 1. The first-order valence-corrected chi connectivity index (χ1v) is 9.22. The van der Waals surface area contributed by atoms with Crippen molar-refractivity contribution in [3.05, 3.63) is 71.2 Å². The van der Waals surface area contributed by atoms with Crippen LogP contribution in [-0.4, -0.2) is 24.6 Å². The summed E-state index contributed by atoms with van der Waals surface area (Å²) in [5.41, 5.74) is 2.45. The molecule has 2 N–H and O–H groups in total. The molecule has 1 amide bonds. The lowest BCUT2D eigenvalue weighted by atomic mass is 10.1. The van der Waals surface area contributed by atoms with Crippen LogP contribution in [0.4, 0.5) is 30.2 Å². The highest BCUT2D eigenvalue weighted by Gasteiger charge is 2.17. The monoisotopic (exact) mass is 431 g/mol. The van der Waals surface area contributed by atoms with Gasteiger partial charge in [-0.3, -0.25) is 4.79 Å². The third kappa shape index (κ3) is 5.44. The molecule has 9 heteroatoms. The number of carbonyl (C=O) groups is 1. The SMILES string of the molecule is COc1ccc(NC(=O)c2ccc(OC(F)F)cc2Nc2ccc(F)cc2C)c(C)n1. The molecule has 0 saturated heterocycles. The van der Waals surface area contributed by atoms with Gasteiger partial charge >= 0.3 is 6.61 Å². The molecular formula is C22H20F3N3O3. The zero-order valence-electron chi connectivity index (χ0n) is 17.0. The highest BCUT2D eigenvalue weighted by atomic mass is 19.3. The number of nitrogens with one attached hydrogen (secondary N) is 2. The maximum atomic E-state index is 13.4. The number of nitrogens with zero attached hydrogens (tertiary/aromatic N) is 1. The van der Waals surface area contributed by atoms with Gasteiger partial charge in [-0.15, -0.1) is 0 Å². The molecule has 1 aromatic heterocycles. The molecule has 0 unspecified atom stereocenters. The highest BCUT2D eigenvalue weighted by Crippen LogP contribution is 2.30. The number of pyridine rings is 1. The van der Waals surface area contributed by atoms with Crippen molar-refractivity contribution in [2.24, 2.45) is 0 Å². The van der Waals surface area contributed by atoms with E-state index in [1.165, 1.54) is 43.5 Å². The lowest BCUT2D eigenvalue weighted by Crippen LogP contribution is -2.15. The van der Waals surface area contributed by atoms with Gasteiger partial charge < -0.3 is 20.1 Å². The first-order chi connectivity index (χ1) is 14.8. The Hall–Kier alpha value is -3.75. The van der Waals surface area contributed by atoms with E-state index in [1.54, 1.807) is 26.0 Å². The fraction of sp³-hybridized carbons (Fsp3) is 0.182. The van der Waals surface area contributed by atoms with Gasteiger partial charge in [-0.05, 0) is 55.8 Å². The number of halogens is 3. The van der Waals surface area contributed by atoms with E-state index in [4.69, 9.17) is 4.74 Å². The van der Waals surface area contributed by atoms with E-state index in [2.05, 4.69) is 20.4 Å². The van der Waals surface area contributed by atoms with Crippen LogP contribution in [0.2, 0.25) is 0 Å². The molecule has 0 radical (unpaired) electrons. The Morgan fingerprint density at radius 3 is 2.39 bits per heavy atom. The second-order valence-corrected chi connectivity index (χ2v) is 6.61. The Morgan fingerprint density at radius 2 is 1.74 bits per heavy atom. The quantitative estimate of drug-likeness (QED) is 0.521. The minimum atomic E-state index is -3.02. The summed E-state index contributed by atoms with van der Waals surface area (Å²) in [5.74, 6) is -0.645. The summed E-state index contributed by atoms with van der Waals surface area (Å²) in [6.45, 7) is 0.364. The summed E-state index contributed by atoms with van der Waals surface area (Å²) in [5, 5.41) is 5.74. The molecule has 1 heterocycles. The number of benzene rings is 2. The lowest BCUT2D eigenvalue weighted by Gasteiger charge is -2.16. The molecule has 3 aromatic rings. The Balaban J connectivity index is 1.95. The Labute approximate surface area is 177 Å². The van der Waals surface area contributed by atoms with Crippen molar-refractivity contribution in [3.63, 3.8) is 0 Å². The van der Waals surface area contributed by atoms with Crippen LogP contribution in [0, 0.1) is 19.7 Å². The van der Waals surface area contributed by atoms with Crippen molar-refractivity contribution >= 4 is 23.0 Å². The van der Waals surface area contributed by atoms with Crippen LogP contribution in [0.15, 0.2) is 48.5 Å². The van der Waals surface area contributed by atoms with Crippen LogP contribution in [0.5, 0.6) is 11.6 Å². The van der Waals surface area contributed by atoms with E-state index in [9.17, 15) is 18.0 Å². The first kappa shape index (κ1) is 21.9. The Kier molecular flexibility index (Phi) is 6.64.